The van der Waals surface area contributed by atoms with Crippen LogP contribution in [0.5, 0.6) is 0 Å². The second kappa shape index (κ2) is 7.05. The molecule has 1 aromatic heterocycles. The topological polar surface area (TPSA) is 83.1 Å². The van der Waals surface area contributed by atoms with Crippen LogP contribution < -0.4 is 0 Å². The maximum atomic E-state index is 11.4. The Labute approximate surface area is 99.4 Å². The quantitative estimate of drug-likeness (QED) is 0.648. The van der Waals surface area contributed by atoms with Crippen molar-refractivity contribution in [1.82, 2.24) is 4.90 Å². The molecule has 0 aliphatic rings. The Bertz CT molecular complexity index is 343. The minimum absolute atomic E-state index is 0.0196. The van der Waals surface area contributed by atoms with Crippen LogP contribution in [0.4, 0.5) is 0 Å². The zero-order chi connectivity index (χ0) is 12.7. The first-order valence-corrected chi connectivity index (χ1v) is 5.31. The number of carbonyl (C=O) groups excluding carboxylic acids is 1. The average Bonchev–Trinajstić information content (AvgIpc) is 2.77. The summed E-state index contributed by atoms with van der Waals surface area (Å²) in [4.78, 5) is 13.2. The van der Waals surface area contributed by atoms with Crippen LogP contribution in [-0.4, -0.2) is 54.5 Å². The number of carbonyl (C=O) groups is 1. The minimum Gasteiger partial charge on any atom is -0.467 e. The largest absolute Gasteiger partial charge is 0.467 e. The molecule has 0 radical (unpaired) electrons. The number of furan rings is 1. The van der Waals surface area contributed by atoms with E-state index < -0.39 is 5.97 Å². The summed E-state index contributed by atoms with van der Waals surface area (Å²) in [7, 11) is 1.30. The van der Waals surface area contributed by atoms with Gasteiger partial charge in [0.1, 0.15) is 11.3 Å². The van der Waals surface area contributed by atoms with Gasteiger partial charge in [-0.2, -0.15) is 0 Å². The molecule has 0 aliphatic carbocycles. The Morgan fingerprint density at radius 1 is 1.41 bits per heavy atom. The molecule has 1 heterocycles. The number of hydrogen-bond acceptors (Lipinski definition) is 6. The van der Waals surface area contributed by atoms with E-state index in [2.05, 4.69) is 4.74 Å². The Morgan fingerprint density at radius 2 is 2.06 bits per heavy atom. The van der Waals surface area contributed by atoms with Crippen molar-refractivity contribution < 1.29 is 24.2 Å². The first kappa shape index (κ1) is 13.7. The van der Waals surface area contributed by atoms with Crippen molar-refractivity contribution in [1.29, 1.82) is 0 Å². The second-order valence-electron chi connectivity index (χ2n) is 3.47. The monoisotopic (exact) mass is 243 g/mol. The molecule has 0 saturated carbocycles. The summed E-state index contributed by atoms with van der Waals surface area (Å²) in [6.07, 6.45) is 1.41. The molecule has 0 amide bonds. The van der Waals surface area contributed by atoms with E-state index in [0.717, 1.165) is 0 Å². The van der Waals surface area contributed by atoms with Gasteiger partial charge in [0, 0.05) is 13.1 Å². The lowest BCUT2D eigenvalue weighted by molar-refractivity contribution is 0.0595. The first-order chi connectivity index (χ1) is 8.22. The lowest BCUT2D eigenvalue weighted by atomic mass is 10.2. The van der Waals surface area contributed by atoms with Gasteiger partial charge in [0.15, 0.2) is 0 Å². The summed E-state index contributed by atoms with van der Waals surface area (Å²) >= 11 is 0. The number of methoxy groups -OCH3 is 1. The smallest absolute Gasteiger partial charge is 0.341 e. The molecular formula is C11H17NO5. The van der Waals surface area contributed by atoms with E-state index in [1.54, 1.807) is 4.90 Å². The van der Waals surface area contributed by atoms with Crippen LogP contribution in [0.2, 0.25) is 0 Å². The molecule has 96 valence electrons. The molecule has 1 aromatic rings. The molecule has 0 saturated heterocycles. The average molecular weight is 243 g/mol. The zero-order valence-corrected chi connectivity index (χ0v) is 9.76. The lowest BCUT2D eigenvalue weighted by Crippen LogP contribution is -2.29. The summed E-state index contributed by atoms with van der Waals surface area (Å²) in [6.45, 7) is 1.12. The highest BCUT2D eigenvalue weighted by Gasteiger charge is 2.17. The van der Waals surface area contributed by atoms with Crippen molar-refractivity contribution in [3.63, 3.8) is 0 Å². The molecule has 0 spiro atoms. The second-order valence-corrected chi connectivity index (χ2v) is 3.47. The van der Waals surface area contributed by atoms with Crippen molar-refractivity contribution in [2.45, 2.75) is 6.54 Å². The molecular weight excluding hydrogens is 226 g/mol. The Hall–Kier alpha value is -1.37. The Kier molecular flexibility index (Phi) is 5.68. The molecule has 0 bridgehead atoms. The third-order valence-electron chi connectivity index (χ3n) is 2.35. The summed E-state index contributed by atoms with van der Waals surface area (Å²) in [5.41, 5.74) is 0.369. The number of hydrogen-bond donors (Lipinski definition) is 2. The number of aliphatic hydroxyl groups excluding tert-OH is 2. The fourth-order valence-electron chi connectivity index (χ4n) is 1.51. The van der Waals surface area contributed by atoms with Gasteiger partial charge in [0.2, 0.25) is 0 Å². The SMILES string of the molecule is COC(=O)c1ccoc1CN(CCO)CCO. The summed E-state index contributed by atoms with van der Waals surface area (Å²) < 4.78 is 9.83. The number of rotatable bonds is 7. The number of nitrogens with zero attached hydrogens (tertiary/aromatic N) is 1. The van der Waals surface area contributed by atoms with Crippen LogP contribution in [0.1, 0.15) is 16.1 Å². The van der Waals surface area contributed by atoms with Gasteiger partial charge in [-0.05, 0) is 6.07 Å². The number of esters is 1. The van der Waals surface area contributed by atoms with Crippen molar-refractivity contribution in [3.8, 4) is 0 Å². The van der Waals surface area contributed by atoms with E-state index in [1.807, 2.05) is 0 Å². The van der Waals surface area contributed by atoms with Gasteiger partial charge < -0.3 is 19.4 Å². The van der Waals surface area contributed by atoms with Crippen LogP contribution in [0.3, 0.4) is 0 Å². The van der Waals surface area contributed by atoms with E-state index in [0.29, 0.717) is 31.0 Å². The van der Waals surface area contributed by atoms with E-state index >= 15 is 0 Å². The van der Waals surface area contributed by atoms with Gasteiger partial charge in [-0.3, -0.25) is 4.90 Å². The third-order valence-corrected chi connectivity index (χ3v) is 2.35. The highest BCUT2D eigenvalue weighted by Crippen LogP contribution is 2.14. The summed E-state index contributed by atoms with van der Waals surface area (Å²) in [6, 6.07) is 1.54. The van der Waals surface area contributed by atoms with Crippen LogP contribution in [0.25, 0.3) is 0 Å². The van der Waals surface area contributed by atoms with E-state index in [4.69, 9.17) is 14.6 Å². The van der Waals surface area contributed by atoms with Gasteiger partial charge in [0.25, 0.3) is 0 Å². The van der Waals surface area contributed by atoms with E-state index in [9.17, 15) is 4.79 Å². The van der Waals surface area contributed by atoms with Crippen molar-refractivity contribution >= 4 is 5.97 Å². The molecule has 0 aliphatic heterocycles. The van der Waals surface area contributed by atoms with Crippen LogP contribution in [0, 0.1) is 0 Å². The fourth-order valence-corrected chi connectivity index (χ4v) is 1.51. The van der Waals surface area contributed by atoms with Gasteiger partial charge in [-0.1, -0.05) is 0 Å². The van der Waals surface area contributed by atoms with Crippen molar-refractivity contribution in [2.75, 3.05) is 33.4 Å². The number of aliphatic hydroxyl groups is 2. The van der Waals surface area contributed by atoms with Gasteiger partial charge in [-0.25, -0.2) is 4.79 Å². The first-order valence-electron chi connectivity index (χ1n) is 5.31. The molecule has 2 N–H and O–H groups in total. The maximum absolute atomic E-state index is 11.4. The van der Waals surface area contributed by atoms with E-state index in [1.165, 1.54) is 19.4 Å². The van der Waals surface area contributed by atoms with Gasteiger partial charge in [0.05, 0.1) is 33.1 Å². The molecule has 0 aromatic carbocycles. The molecule has 0 fully saturated rings. The van der Waals surface area contributed by atoms with E-state index in [-0.39, 0.29) is 13.2 Å². The Balaban J connectivity index is 2.71. The molecule has 6 nitrogen and oxygen atoms in total. The summed E-state index contributed by atoms with van der Waals surface area (Å²) in [5, 5.41) is 17.7. The van der Waals surface area contributed by atoms with Crippen LogP contribution >= 0.6 is 0 Å². The van der Waals surface area contributed by atoms with Gasteiger partial charge >= 0.3 is 5.97 Å². The minimum atomic E-state index is -0.457. The Morgan fingerprint density at radius 3 is 2.59 bits per heavy atom. The molecule has 1 rings (SSSR count). The standard InChI is InChI=1S/C11H17NO5/c1-16-11(15)9-2-7-17-10(9)8-12(3-5-13)4-6-14/h2,7,13-14H,3-6,8H2,1H3. The van der Waals surface area contributed by atoms with Crippen LogP contribution in [0.15, 0.2) is 16.7 Å². The highest BCUT2D eigenvalue weighted by atomic mass is 16.5. The predicted molar refractivity (Wildman–Crippen MR) is 59.5 cm³/mol. The third kappa shape index (κ3) is 3.85. The maximum Gasteiger partial charge on any atom is 0.341 e. The molecule has 0 unspecified atom stereocenters. The van der Waals surface area contributed by atoms with Crippen molar-refractivity contribution in [3.05, 3.63) is 23.7 Å². The lowest BCUT2D eigenvalue weighted by Gasteiger charge is -2.18. The molecule has 17 heavy (non-hydrogen) atoms. The van der Waals surface area contributed by atoms with Crippen LogP contribution in [-0.2, 0) is 11.3 Å². The number of ether oxygens (including phenoxy) is 1. The molecule has 0 atom stereocenters. The van der Waals surface area contributed by atoms with Crippen molar-refractivity contribution in [2.24, 2.45) is 0 Å². The summed E-state index contributed by atoms with van der Waals surface area (Å²) in [5.74, 6) is 0.0143. The highest BCUT2D eigenvalue weighted by molar-refractivity contribution is 5.90. The fraction of sp³-hybridized carbons (Fsp3) is 0.545. The molecule has 6 heteroatoms. The normalized spacial score (nSPS) is 10.8. The van der Waals surface area contributed by atoms with Gasteiger partial charge in [-0.15, -0.1) is 0 Å². The predicted octanol–water partition coefficient (Wildman–Crippen LogP) is -0.147. The zero-order valence-electron chi connectivity index (χ0n) is 9.76.